The fourth-order valence-electron chi connectivity index (χ4n) is 1.80. The van der Waals surface area contributed by atoms with Crippen molar-refractivity contribution < 1.29 is 13.7 Å². The second kappa shape index (κ2) is 8.30. The van der Waals surface area contributed by atoms with E-state index >= 15 is 0 Å². The van der Waals surface area contributed by atoms with Gasteiger partial charge in [-0.2, -0.15) is 0 Å². The number of ether oxygens (including phenoxy) is 2. The summed E-state index contributed by atoms with van der Waals surface area (Å²) in [6.07, 6.45) is 2.69. The fraction of sp³-hybridized carbons (Fsp3) is 0.357. The molecular weight excluding hydrogens is 340 g/mol. The number of anilines is 1. The molecule has 0 aliphatic heterocycles. The highest BCUT2D eigenvalue weighted by atomic mass is 35.5. The van der Waals surface area contributed by atoms with Gasteiger partial charge in [-0.1, -0.05) is 11.6 Å². The largest absolute Gasteiger partial charge is 0.365 e. The van der Waals surface area contributed by atoms with Gasteiger partial charge in [-0.15, -0.1) is 0 Å². The Bertz CT molecular complexity index is 697. The normalized spacial score (nSPS) is 12.4. The molecule has 1 unspecified atom stereocenters. The van der Waals surface area contributed by atoms with Crippen LogP contribution < -0.4 is 5.32 Å². The quantitative estimate of drug-likeness (QED) is 0.461. The summed E-state index contributed by atoms with van der Waals surface area (Å²) in [4.78, 5) is 12.5. The summed E-state index contributed by atoms with van der Waals surface area (Å²) in [6, 6.07) is 5.20. The van der Waals surface area contributed by atoms with Crippen LogP contribution in [-0.2, 0) is 20.3 Å². The van der Waals surface area contributed by atoms with Crippen molar-refractivity contribution in [1.82, 2.24) is 15.0 Å². The molecule has 0 spiro atoms. The Kier molecular flexibility index (Phi) is 6.40. The van der Waals surface area contributed by atoms with Crippen LogP contribution in [0.1, 0.15) is 0 Å². The number of hydrogen-bond donors (Lipinski definition) is 1. The van der Waals surface area contributed by atoms with Crippen molar-refractivity contribution in [2.24, 2.45) is 0 Å². The number of nitrogens with zero attached hydrogens (tertiary/aromatic N) is 3. The van der Waals surface area contributed by atoms with Crippen LogP contribution in [0.25, 0.3) is 11.3 Å². The first kappa shape index (κ1) is 17.7. The lowest BCUT2D eigenvalue weighted by molar-refractivity contribution is -0.0914. The summed E-state index contributed by atoms with van der Waals surface area (Å²) in [5, 5.41) is 3.66. The topological polar surface area (TPSA) is 86.2 Å². The number of hydrogen-bond acceptors (Lipinski definition) is 7. The predicted octanol–water partition coefficient (Wildman–Crippen LogP) is 1.96. The standard InChI is InChI=1S/C14H17ClN4O3S/c1-21-13(22-2)8-17-12-7-10(18-14(19-12)23(3)20)9-4-5-16-11(15)6-9/h4-7,13H,8H2,1-3H3,(H,17,18,19). The van der Waals surface area contributed by atoms with Crippen LogP contribution in [0, 0.1) is 0 Å². The van der Waals surface area contributed by atoms with Crippen LogP contribution in [0.15, 0.2) is 29.6 Å². The Morgan fingerprint density at radius 3 is 2.65 bits per heavy atom. The van der Waals surface area contributed by atoms with Crippen LogP contribution in [0.2, 0.25) is 5.15 Å². The van der Waals surface area contributed by atoms with Gasteiger partial charge in [0, 0.05) is 38.3 Å². The molecule has 2 aromatic rings. The van der Waals surface area contributed by atoms with E-state index in [0.717, 1.165) is 5.56 Å². The molecule has 1 N–H and O–H groups in total. The summed E-state index contributed by atoms with van der Waals surface area (Å²) in [6.45, 7) is 0.385. The summed E-state index contributed by atoms with van der Waals surface area (Å²) in [7, 11) is 1.78. The van der Waals surface area contributed by atoms with Crippen LogP contribution in [-0.4, -0.2) is 52.5 Å². The van der Waals surface area contributed by atoms with Gasteiger partial charge in [-0.25, -0.2) is 15.0 Å². The van der Waals surface area contributed by atoms with Gasteiger partial charge in [0.2, 0.25) is 5.16 Å². The van der Waals surface area contributed by atoms with Gasteiger partial charge >= 0.3 is 0 Å². The molecule has 23 heavy (non-hydrogen) atoms. The van der Waals surface area contributed by atoms with Gasteiger partial charge in [0.1, 0.15) is 11.0 Å². The third-order valence-corrected chi connectivity index (χ3v) is 3.86. The third kappa shape index (κ3) is 4.93. The number of methoxy groups -OCH3 is 2. The molecule has 0 saturated carbocycles. The smallest absolute Gasteiger partial charge is 0.220 e. The molecule has 9 heteroatoms. The van der Waals surface area contributed by atoms with Crippen LogP contribution in [0.3, 0.4) is 0 Å². The molecule has 124 valence electrons. The fourth-order valence-corrected chi connectivity index (χ4v) is 2.43. The van der Waals surface area contributed by atoms with E-state index in [0.29, 0.717) is 23.2 Å². The monoisotopic (exact) mass is 356 g/mol. The van der Waals surface area contributed by atoms with Crippen LogP contribution >= 0.6 is 11.6 Å². The lowest BCUT2D eigenvalue weighted by Gasteiger charge is -2.15. The maximum atomic E-state index is 11.8. The van der Waals surface area contributed by atoms with Gasteiger partial charge in [-0.05, 0) is 12.1 Å². The zero-order chi connectivity index (χ0) is 16.8. The van der Waals surface area contributed by atoms with E-state index in [1.807, 2.05) is 0 Å². The molecule has 2 heterocycles. The van der Waals surface area contributed by atoms with Crippen molar-refractivity contribution in [2.75, 3.05) is 32.3 Å². The Hall–Kier alpha value is -1.61. The second-order valence-corrected chi connectivity index (χ2v) is 6.18. The van der Waals surface area contributed by atoms with E-state index in [1.54, 1.807) is 38.6 Å². The van der Waals surface area contributed by atoms with E-state index in [9.17, 15) is 4.21 Å². The highest BCUT2D eigenvalue weighted by Gasteiger charge is 2.11. The summed E-state index contributed by atoms with van der Waals surface area (Å²) in [5.74, 6) is 0.521. The van der Waals surface area contributed by atoms with E-state index in [2.05, 4.69) is 20.3 Å². The number of aromatic nitrogens is 3. The summed E-state index contributed by atoms with van der Waals surface area (Å²) in [5.41, 5.74) is 1.36. The van der Waals surface area contributed by atoms with Crippen LogP contribution in [0.5, 0.6) is 0 Å². The molecule has 0 saturated heterocycles. The first-order valence-corrected chi connectivity index (χ1v) is 8.61. The molecule has 2 aromatic heterocycles. The van der Waals surface area contributed by atoms with Gasteiger partial charge in [0.25, 0.3) is 0 Å². The van der Waals surface area contributed by atoms with Crippen LogP contribution in [0.4, 0.5) is 5.82 Å². The van der Waals surface area contributed by atoms with E-state index in [1.165, 1.54) is 6.26 Å². The lowest BCUT2D eigenvalue weighted by atomic mass is 10.2. The van der Waals surface area contributed by atoms with E-state index in [4.69, 9.17) is 21.1 Å². The van der Waals surface area contributed by atoms with E-state index in [-0.39, 0.29) is 5.16 Å². The molecule has 0 aromatic carbocycles. The molecule has 0 fully saturated rings. The average molecular weight is 357 g/mol. The minimum absolute atomic E-state index is 0.226. The first-order valence-electron chi connectivity index (χ1n) is 6.67. The molecule has 0 aliphatic rings. The molecule has 0 amide bonds. The molecule has 0 radical (unpaired) electrons. The zero-order valence-corrected chi connectivity index (χ0v) is 14.5. The molecule has 0 aliphatic carbocycles. The number of rotatable bonds is 7. The summed E-state index contributed by atoms with van der Waals surface area (Å²) < 4.78 is 22.0. The van der Waals surface area contributed by atoms with Gasteiger partial charge < -0.3 is 14.8 Å². The summed E-state index contributed by atoms with van der Waals surface area (Å²) >= 11 is 5.91. The Labute approximate surface area is 141 Å². The predicted molar refractivity (Wildman–Crippen MR) is 88.9 cm³/mol. The average Bonchev–Trinajstić information content (AvgIpc) is 2.55. The van der Waals surface area contributed by atoms with Gasteiger partial charge in [-0.3, -0.25) is 4.21 Å². The minimum atomic E-state index is -1.32. The Morgan fingerprint density at radius 1 is 1.30 bits per heavy atom. The molecule has 0 bridgehead atoms. The Morgan fingerprint density at radius 2 is 2.04 bits per heavy atom. The Balaban J connectivity index is 2.34. The highest BCUT2D eigenvalue weighted by Crippen LogP contribution is 2.22. The third-order valence-electron chi connectivity index (χ3n) is 2.96. The van der Waals surface area contributed by atoms with Gasteiger partial charge in [0.15, 0.2) is 6.29 Å². The number of pyridine rings is 1. The molecule has 7 nitrogen and oxygen atoms in total. The van der Waals surface area contributed by atoms with Crippen molar-refractivity contribution in [3.8, 4) is 11.3 Å². The lowest BCUT2D eigenvalue weighted by Crippen LogP contribution is -2.24. The van der Waals surface area contributed by atoms with Crippen molar-refractivity contribution in [1.29, 1.82) is 0 Å². The van der Waals surface area contributed by atoms with Gasteiger partial charge in [0.05, 0.1) is 23.0 Å². The number of halogens is 1. The van der Waals surface area contributed by atoms with Crippen molar-refractivity contribution in [3.05, 3.63) is 29.5 Å². The minimum Gasteiger partial charge on any atom is -0.365 e. The number of nitrogens with one attached hydrogen (secondary N) is 1. The van der Waals surface area contributed by atoms with Crippen molar-refractivity contribution >= 4 is 28.2 Å². The molecule has 2 rings (SSSR count). The zero-order valence-electron chi connectivity index (χ0n) is 12.9. The first-order chi connectivity index (χ1) is 11.0. The SMILES string of the molecule is COC(CNc1cc(-c2ccnc(Cl)c2)nc(S(C)=O)n1)OC. The molecular formula is C14H17ClN4O3S. The highest BCUT2D eigenvalue weighted by molar-refractivity contribution is 7.84. The van der Waals surface area contributed by atoms with E-state index < -0.39 is 17.1 Å². The maximum Gasteiger partial charge on any atom is 0.220 e. The van der Waals surface area contributed by atoms with Crippen molar-refractivity contribution in [3.63, 3.8) is 0 Å². The van der Waals surface area contributed by atoms with Crippen molar-refractivity contribution in [2.45, 2.75) is 11.4 Å². The maximum absolute atomic E-state index is 11.8. The second-order valence-electron chi connectivity index (χ2n) is 4.52. The molecule has 1 atom stereocenters.